The van der Waals surface area contributed by atoms with E-state index in [1.807, 2.05) is 64.9 Å². The second-order valence-electron chi connectivity index (χ2n) is 8.07. The summed E-state index contributed by atoms with van der Waals surface area (Å²) in [6, 6.07) is 15.7. The van der Waals surface area contributed by atoms with Gasteiger partial charge in [-0.1, -0.05) is 29.8 Å². The highest BCUT2D eigenvalue weighted by Crippen LogP contribution is 2.26. The molecule has 1 aliphatic heterocycles. The molecular formula is C24H24N4O3S. The number of fused-ring (bicyclic) bond motifs is 1. The Balaban J connectivity index is 1.21. The predicted octanol–water partition coefficient (Wildman–Crippen LogP) is 4.15. The average Bonchev–Trinajstić information content (AvgIpc) is 3.42. The molecule has 1 aliphatic rings. The molecule has 1 amide bonds. The topological polar surface area (TPSA) is 80.2 Å². The number of nitrogens with zero attached hydrogens (tertiary/aromatic N) is 3. The standard InChI is InChI=1S/C24H24N4O3S/c1-16-6-8-18(9-7-16)31-14-22-25-20(15-32-22)23(29)27-12-10-17(11-13-27)28-21-5-3-2-4-19(21)26-24(28)30/h2-9,15,17H,10-14H2,1H3,(H,26,30). The van der Waals surface area contributed by atoms with E-state index in [1.54, 1.807) is 5.38 Å². The van der Waals surface area contributed by atoms with Crippen molar-refractivity contribution in [3.63, 3.8) is 0 Å². The molecule has 1 saturated heterocycles. The maximum atomic E-state index is 13.0. The molecule has 2 aromatic heterocycles. The van der Waals surface area contributed by atoms with E-state index in [-0.39, 0.29) is 17.6 Å². The summed E-state index contributed by atoms with van der Waals surface area (Å²) in [6.07, 6.45) is 1.47. The summed E-state index contributed by atoms with van der Waals surface area (Å²) in [5.41, 5.74) is 3.31. The number of likely N-dealkylation sites (tertiary alicyclic amines) is 1. The van der Waals surface area contributed by atoms with Crippen LogP contribution >= 0.6 is 11.3 Å². The zero-order chi connectivity index (χ0) is 22.1. The summed E-state index contributed by atoms with van der Waals surface area (Å²) in [5, 5.41) is 2.57. The van der Waals surface area contributed by atoms with Crippen LogP contribution in [0, 0.1) is 6.92 Å². The minimum Gasteiger partial charge on any atom is -0.486 e. The van der Waals surface area contributed by atoms with Gasteiger partial charge in [0.1, 0.15) is 23.1 Å². The number of aryl methyl sites for hydroxylation is 1. The molecule has 4 aromatic rings. The van der Waals surface area contributed by atoms with Gasteiger partial charge in [0, 0.05) is 24.5 Å². The van der Waals surface area contributed by atoms with E-state index in [1.165, 1.54) is 16.9 Å². The molecule has 0 spiro atoms. The van der Waals surface area contributed by atoms with Crippen LogP contribution in [0.3, 0.4) is 0 Å². The third-order valence-corrected chi connectivity index (χ3v) is 6.72. The van der Waals surface area contributed by atoms with Crippen molar-refractivity contribution in [3.8, 4) is 5.75 Å². The molecule has 0 saturated carbocycles. The molecule has 0 atom stereocenters. The van der Waals surface area contributed by atoms with Crippen molar-refractivity contribution >= 4 is 28.3 Å². The number of benzene rings is 2. The Morgan fingerprint density at radius 3 is 2.69 bits per heavy atom. The van der Waals surface area contributed by atoms with Crippen molar-refractivity contribution in [1.29, 1.82) is 0 Å². The quantitative estimate of drug-likeness (QED) is 0.497. The number of aromatic amines is 1. The molecule has 8 heteroatoms. The number of H-pyrrole nitrogens is 1. The number of ether oxygens (including phenoxy) is 1. The highest BCUT2D eigenvalue weighted by molar-refractivity contribution is 7.09. The Morgan fingerprint density at radius 1 is 1.16 bits per heavy atom. The van der Waals surface area contributed by atoms with Crippen LogP contribution in [-0.2, 0) is 6.61 Å². The molecule has 3 heterocycles. The van der Waals surface area contributed by atoms with Gasteiger partial charge in [0.25, 0.3) is 5.91 Å². The van der Waals surface area contributed by atoms with Gasteiger partial charge in [-0.2, -0.15) is 0 Å². The smallest absolute Gasteiger partial charge is 0.326 e. The van der Waals surface area contributed by atoms with E-state index in [9.17, 15) is 9.59 Å². The first-order chi connectivity index (χ1) is 15.6. The maximum absolute atomic E-state index is 13.0. The highest BCUT2D eigenvalue weighted by atomic mass is 32.1. The normalized spacial score (nSPS) is 14.7. The van der Waals surface area contributed by atoms with Gasteiger partial charge in [0.2, 0.25) is 0 Å². The second-order valence-corrected chi connectivity index (χ2v) is 9.01. The third-order valence-electron chi connectivity index (χ3n) is 5.89. The summed E-state index contributed by atoms with van der Waals surface area (Å²) in [7, 11) is 0. The summed E-state index contributed by atoms with van der Waals surface area (Å²) >= 11 is 1.43. The lowest BCUT2D eigenvalue weighted by Crippen LogP contribution is -2.40. The number of hydrogen-bond donors (Lipinski definition) is 1. The van der Waals surface area contributed by atoms with Gasteiger partial charge in [-0.25, -0.2) is 9.78 Å². The molecule has 0 radical (unpaired) electrons. The van der Waals surface area contributed by atoms with E-state index in [2.05, 4.69) is 9.97 Å². The third kappa shape index (κ3) is 4.05. The van der Waals surface area contributed by atoms with Crippen molar-refractivity contribution in [3.05, 3.63) is 80.7 Å². The van der Waals surface area contributed by atoms with Crippen molar-refractivity contribution in [2.24, 2.45) is 0 Å². The van der Waals surface area contributed by atoms with Gasteiger partial charge >= 0.3 is 5.69 Å². The Morgan fingerprint density at radius 2 is 1.91 bits per heavy atom. The number of para-hydroxylation sites is 2. The number of carbonyl (C=O) groups is 1. The number of aromatic nitrogens is 3. The molecule has 7 nitrogen and oxygen atoms in total. The summed E-state index contributed by atoms with van der Waals surface area (Å²) < 4.78 is 7.61. The molecule has 0 unspecified atom stereocenters. The Hall–Kier alpha value is -3.39. The van der Waals surface area contributed by atoms with Crippen LogP contribution in [0.25, 0.3) is 11.0 Å². The molecule has 1 N–H and O–H groups in total. The molecule has 0 bridgehead atoms. The van der Waals surface area contributed by atoms with E-state index < -0.39 is 0 Å². The second kappa shape index (κ2) is 8.63. The number of imidazole rings is 1. The number of hydrogen-bond acceptors (Lipinski definition) is 5. The van der Waals surface area contributed by atoms with Crippen LogP contribution in [0.2, 0.25) is 0 Å². The van der Waals surface area contributed by atoms with Crippen molar-refractivity contribution in [2.75, 3.05) is 13.1 Å². The summed E-state index contributed by atoms with van der Waals surface area (Å²) in [6.45, 7) is 3.57. The Bertz CT molecular complexity index is 1300. The summed E-state index contributed by atoms with van der Waals surface area (Å²) in [4.78, 5) is 34.6. The molecule has 2 aromatic carbocycles. The van der Waals surface area contributed by atoms with E-state index in [4.69, 9.17) is 4.74 Å². The van der Waals surface area contributed by atoms with E-state index >= 15 is 0 Å². The SMILES string of the molecule is Cc1ccc(OCc2nc(C(=O)N3CCC(n4c(=O)[nH]c5ccccc54)CC3)cs2)cc1. The number of rotatable bonds is 5. The largest absolute Gasteiger partial charge is 0.486 e. The number of piperidine rings is 1. The molecule has 164 valence electrons. The molecule has 32 heavy (non-hydrogen) atoms. The number of thiazole rings is 1. The fraction of sp³-hybridized carbons (Fsp3) is 0.292. The molecule has 5 rings (SSSR count). The number of amides is 1. The number of carbonyl (C=O) groups excluding carboxylic acids is 1. The lowest BCUT2D eigenvalue weighted by atomic mass is 10.0. The molecule has 1 fully saturated rings. The first-order valence-corrected chi connectivity index (χ1v) is 11.6. The fourth-order valence-electron chi connectivity index (χ4n) is 4.18. The monoisotopic (exact) mass is 448 g/mol. The Kier molecular flexibility index (Phi) is 5.53. The fourth-order valence-corrected chi connectivity index (χ4v) is 4.86. The Labute approximate surface area is 189 Å². The molecule has 0 aliphatic carbocycles. The van der Waals surface area contributed by atoms with Gasteiger partial charge in [-0.15, -0.1) is 11.3 Å². The minimum absolute atomic E-state index is 0.0624. The lowest BCUT2D eigenvalue weighted by Gasteiger charge is -2.32. The zero-order valence-corrected chi connectivity index (χ0v) is 18.6. The van der Waals surface area contributed by atoms with Crippen LogP contribution in [0.1, 0.15) is 39.9 Å². The van der Waals surface area contributed by atoms with Crippen LogP contribution < -0.4 is 10.4 Å². The van der Waals surface area contributed by atoms with Crippen LogP contribution in [0.4, 0.5) is 0 Å². The van der Waals surface area contributed by atoms with E-state index in [0.717, 1.165) is 34.6 Å². The van der Waals surface area contributed by atoms with Gasteiger partial charge in [0.15, 0.2) is 0 Å². The van der Waals surface area contributed by atoms with Crippen LogP contribution in [0.15, 0.2) is 58.7 Å². The zero-order valence-electron chi connectivity index (χ0n) is 17.8. The maximum Gasteiger partial charge on any atom is 0.326 e. The van der Waals surface area contributed by atoms with Gasteiger partial charge in [0.05, 0.1) is 11.0 Å². The van der Waals surface area contributed by atoms with Gasteiger partial charge in [-0.05, 0) is 44.0 Å². The first-order valence-electron chi connectivity index (χ1n) is 10.7. The summed E-state index contributed by atoms with van der Waals surface area (Å²) in [5.74, 6) is 0.723. The number of nitrogens with one attached hydrogen (secondary N) is 1. The van der Waals surface area contributed by atoms with Crippen LogP contribution in [-0.4, -0.2) is 38.4 Å². The van der Waals surface area contributed by atoms with Crippen molar-refractivity contribution in [2.45, 2.75) is 32.4 Å². The average molecular weight is 449 g/mol. The minimum atomic E-state index is -0.0892. The van der Waals surface area contributed by atoms with Crippen LogP contribution in [0.5, 0.6) is 5.75 Å². The van der Waals surface area contributed by atoms with E-state index in [0.29, 0.717) is 25.4 Å². The lowest BCUT2D eigenvalue weighted by molar-refractivity contribution is 0.0689. The predicted molar refractivity (Wildman–Crippen MR) is 124 cm³/mol. The van der Waals surface area contributed by atoms with Crippen molar-refractivity contribution < 1.29 is 9.53 Å². The van der Waals surface area contributed by atoms with Gasteiger partial charge in [-0.3, -0.25) is 9.36 Å². The van der Waals surface area contributed by atoms with Gasteiger partial charge < -0.3 is 14.6 Å². The highest BCUT2D eigenvalue weighted by Gasteiger charge is 2.27. The van der Waals surface area contributed by atoms with Crippen molar-refractivity contribution in [1.82, 2.24) is 19.4 Å². The first kappa shape index (κ1) is 20.5. The molecular weight excluding hydrogens is 424 g/mol.